The van der Waals surface area contributed by atoms with Crippen LogP contribution in [0.25, 0.3) is 6.08 Å². The number of anilines is 1. The van der Waals surface area contributed by atoms with Gasteiger partial charge in [-0.1, -0.05) is 54.6 Å². The Hall–Kier alpha value is -2.10. The highest BCUT2D eigenvalue weighted by atomic mass is 15.3. The van der Waals surface area contributed by atoms with Gasteiger partial charge >= 0.3 is 0 Å². The van der Waals surface area contributed by atoms with Crippen molar-refractivity contribution in [3.63, 3.8) is 0 Å². The predicted octanol–water partition coefficient (Wildman–Crippen LogP) is 3.14. The smallest absolute Gasteiger partial charge is 0.0316 e. The molecule has 0 aromatic heterocycles. The molecular weight excluding hydrogens is 294 g/mol. The molecule has 0 amide bonds. The fourth-order valence-electron chi connectivity index (χ4n) is 3.13. The van der Waals surface area contributed by atoms with Crippen LogP contribution in [0.3, 0.4) is 0 Å². The van der Waals surface area contributed by atoms with Crippen LogP contribution in [0.1, 0.15) is 11.1 Å². The summed E-state index contributed by atoms with van der Waals surface area (Å²) in [5, 5.41) is 0. The van der Waals surface area contributed by atoms with Gasteiger partial charge in [0.05, 0.1) is 0 Å². The van der Waals surface area contributed by atoms with Gasteiger partial charge in [0.2, 0.25) is 0 Å². The van der Waals surface area contributed by atoms with E-state index in [9.17, 15) is 0 Å². The molecule has 2 N–H and O–H groups in total. The highest BCUT2D eigenvalue weighted by Crippen LogP contribution is 2.09. The van der Waals surface area contributed by atoms with Crippen LogP contribution in [-0.4, -0.2) is 49.1 Å². The normalized spacial score (nSPS) is 16.7. The van der Waals surface area contributed by atoms with Crippen LogP contribution >= 0.6 is 0 Å². The average molecular weight is 321 g/mol. The number of hydrogen-bond acceptors (Lipinski definition) is 3. The molecule has 1 fully saturated rings. The van der Waals surface area contributed by atoms with Gasteiger partial charge in [0.15, 0.2) is 0 Å². The second-order valence-electron chi connectivity index (χ2n) is 6.45. The predicted molar refractivity (Wildman–Crippen MR) is 103 cm³/mol. The Labute approximate surface area is 145 Å². The molecule has 0 aliphatic carbocycles. The van der Waals surface area contributed by atoms with Gasteiger partial charge < -0.3 is 10.6 Å². The minimum absolute atomic E-state index is 0.863. The van der Waals surface area contributed by atoms with Crippen molar-refractivity contribution >= 4 is 11.8 Å². The third-order valence-corrected chi connectivity index (χ3v) is 4.61. The number of nitrogen functional groups attached to an aromatic ring is 1. The number of benzene rings is 2. The summed E-state index contributed by atoms with van der Waals surface area (Å²) in [4.78, 5) is 5.08. The van der Waals surface area contributed by atoms with E-state index in [1.165, 1.54) is 11.1 Å². The van der Waals surface area contributed by atoms with E-state index >= 15 is 0 Å². The lowest BCUT2D eigenvalue weighted by Crippen LogP contribution is -2.46. The third kappa shape index (κ3) is 5.22. The Morgan fingerprint density at radius 2 is 1.62 bits per heavy atom. The lowest BCUT2D eigenvalue weighted by molar-refractivity contribution is 0.144. The van der Waals surface area contributed by atoms with E-state index in [-0.39, 0.29) is 0 Å². The SMILES string of the molecule is Nc1cccc(CCN2CCN(C/C=C/c3ccccc3)CC2)c1. The van der Waals surface area contributed by atoms with Crippen molar-refractivity contribution < 1.29 is 0 Å². The Morgan fingerprint density at radius 1 is 0.875 bits per heavy atom. The van der Waals surface area contributed by atoms with Crippen LogP contribution < -0.4 is 5.73 Å². The first-order valence-electron chi connectivity index (χ1n) is 8.80. The van der Waals surface area contributed by atoms with Crippen molar-refractivity contribution in [2.75, 3.05) is 45.0 Å². The summed E-state index contributed by atoms with van der Waals surface area (Å²) in [6.45, 7) is 6.77. The minimum atomic E-state index is 0.863. The average Bonchev–Trinajstić information content (AvgIpc) is 2.62. The van der Waals surface area contributed by atoms with Crippen LogP contribution in [0.15, 0.2) is 60.7 Å². The fraction of sp³-hybridized carbons (Fsp3) is 0.333. The molecule has 0 atom stereocenters. The molecule has 1 aliphatic rings. The molecule has 1 aliphatic heterocycles. The molecule has 24 heavy (non-hydrogen) atoms. The lowest BCUT2D eigenvalue weighted by Gasteiger charge is -2.34. The first-order chi connectivity index (χ1) is 11.8. The molecule has 0 spiro atoms. The number of hydrogen-bond donors (Lipinski definition) is 1. The Morgan fingerprint density at radius 3 is 2.38 bits per heavy atom. The van der Waals surface area contributed by atoms with Gasteiger partial charge in [-0.3, -0.25) is 4.90 Å². The molecule has 0 radical (unpaired) electrons. The van der Waals surface area contributed by atoms with Crippen molar-refractivity contribution in [1.82, 2.24) is 9.80 Å². The molecule has 1 saturated heterocycles. The van der Waals surface area contributed by atoms with Crippen LogP contribution in [0.5, 0.6) is 0 Å². The van der Waals surface area contributed by atoms with Gasteiger partial charge in [-0.15, -0.1) is 0 Å². The standard InChI is InChI=1S/C21H27N3/c22-21-10-4-8-20(18-21)11-13-24-16-14-23(15-17-24)12-5-9-19-6-2-1-3-7-19/h1-10,18H,11-17,22H2/b9-5+. The van der Waals surface area contributed by atoms with Crippen LogP contribution in [0.2, 0.25) is 0 Å². The third-order valence-electron chi connectivity index (χ3n) is 4.61. The summed E-state index contributed by atoms with van der Waals surface area (Å²) in [6, 6.07) is 18.8. The van der Waals surface area contributed by atoms with Gasteiger partial charge in [-0.2, -0.15) is 0 Å². The zero-order valence-corrected chi connectivity index (χ0v) is 14.3. The molecule has 3 rings (SSSR count). The Bertz CT molecular complexity index is 643. The van der Waals surface area contributed by atoms with E-state index in [1.54, 1.807) is 0 Å². The van der Waals surface area contributed by atoms with Crippen molar-refractivity contribution in [2.45, 2.75) is 6.42 Å². The molecular formula is C21H27N3. The van der Waals surface area contributed by atoms with Crippen LogP contribution in [0, 0.1) is 0 Å². The monoisotopic (exact) mass is 321 g/mol. The highest BCUT2D eigenvalue weighted by Gasteiger charge is 2.15. The Balaban J connectivity index is 1.37. The summed E-state index contributed by atoms with van der Waals surface area (Å²) >= 11 is 0. The lowest BCUT2D eigenvalue weighted by atomic mass is 10.1. The molecule has 1 heterocycles. The molecule has 0 saturated carbocycles. The van der Waals surface area contributed by atoms with Gasteiger partial charge in [-0.25, -0.2) is 0 Å². The van der Waals surface area contributed by atoms with E-state index in [1.807, 2.05) is 12.1 Å². The highest BCUT2D eigenvalue weighted by molar-refractivity contribution is 5.48. The molecule has 2 aromatic rings. The van der Waals surface area contributed by atoms with Gasteiger partial charge in [0, 0.05) is 45.0 Å². The maximum Gasteiger partial charge on any atom is 0.0316 e. The zero-order valence-electron chi connectivity index (χ0n) is 14.3. The molecule has 3 nitrogen and oxygen atoms in total. The first-order valence-corrected chi connectivity index (χ1v) is 8.80. The van der Waals surface area contributed by atoms with Gasteiger partial charge in [-0.05, 0) is 29.7 Å². The maximum absolute atomic E-state index is 5.85. The van der Waals surface area contributed by atoms with Crippen LogP contribution in [0.4, 0.5) is 5.69 Å². The number of piperazine rings is 1. The van der Waals surface area contributed by atoms with E-state index in [0.29, 0.717) is 0 Å². The second-order valence-corrected chi connectivity index (χ2v) is 6.45. The summed E-state index contributed by atoms with van der Waals surface area (Å²) in [7, 11) is 0. The van der Waals surface area contributed by atoms with E-state index < -0.39 is 0 Å². The number of nitrogens with two attached hydrogens (primary N) is 1. The van der Waals surface area contributed by atoms with Crippen LogP contribution in [-0.2, 0) is 6.42 Å². The number of rotatable bonds is 6. The van der Waals surface area contributed by atoms with Crippen molar-refractivity contribution in [2.24, 2.45) is 0 Å². The number of nitrogens with zero attached hydrogens (tertiary/aromatic N) is 2. The zero-order chi connectivity index (χ0) is 16.6. The van der Waals surface area contributed by atoms with Crippen molar-refractivity contribution in [3.8, 4) is 0 Å². The fourth-order valence-corrected chi connectivity index (χ4v) is 3.13. The van der Waals surface area contributed by atoms with Crippen molar-refractivity contribution in [1.29, 1.82) is 0 Å². The van der Waals surface area contributed by atoms with E-state index in [4.69, 9.17) is 5.73 Å². The molecule has 0 bridgehead atoms. The Kier molecular flexibility index (Phi) is 6.05. The maximum atomic E-state index is 5.85. The molecule has 0 unspecified atom stereocenters. The topological polar surface area (TPSA) is 32.5 Å². The molecule has 3 heteroatoms. The van der Waals surface area contributed by atoms with E-state index in [2.05, 4.69) is 64.4 Å². The first kappa shape index (κ1) is 16.7. The largest absolute Gasteiger partial charge is 0.399 e. The van der Waals surface area contributed by atoms with Gasteiger partial charge in [0.25, 0.3) is 0 Å². The summed E-state index contributed by atoms with van der Waals surface area (Å²) in [6.07, 6.45) is 5.57. The van der Waals surface area contributed by atoms with E-state index in [0.717, 1.165) is 51.4 Å². The summed E-state index contributed by atoms with van der Waals surface area (Å²) < 4.78 is 0. The summed E-state index contributed by atoms with van der Waals surface area (Å²) in [5.74, 6) is 0. The summed E-state index contributed by atoms with van der Waals surface area (Å²) in [5.41, 5.74) is 9.32. The van der Waals surface area contributed by atoms with Crippen molar-refractivity contribution in [3.05, 3.63) is 71.8 Å². The van der Waals surface area contributed by atoms with Gasteiger partial charge in [0.1, 0.15) is 0 Å². The minimum Gasteiger partial charge on any atom is -0.399 e. The molecule has 126 valence electrons. The quantitative estimate of drug-likeness (QED) is 0.830. The molecule has 2 aromatic carbocycles. The second kappa shape index (κ2) is 8.67.